The van der Waals surface area contributed by atoms with Gasteiger partial charge in [0.2, 0.25) is 0 Å². The fourth-order valence-corrected chi connectivity index (χ4v) is 4.77. The van der Waals surface area contributed by atoms with Crippen LogP contribution in [-0.2, 0) is 0 Å². The molecule has 0 atom stereocenters. The van der Waals surface area contributed by atoms with Crippen LogP contribution in [0.2, 0.25) is 5.02 Å². The molecule has 4 aromatic rings. The van der Waals surface area contributed by atoms with E-state index in [0.29, 0.717) is 11.1 Å². The summed E-state index contributed by atoms with van der Waals surface area (Å²) in [7, 11) is 0. The van der Waals surface area contributed by atoms with Crippen molar-refractivity contribution in [3.63, 3.8) is 0 Å². The molecule has 4 heterocycles. The maximum Gasteiger partial charge on any atom is 0.348 e. The zero-order valence-corrected chi connectivity index (χ0v) is 17.3. The lowest BCUT2D eigenvalue weighted by atomic mass is 10.00. The molecule has 8 nitrogen and oxygen atoms in total. The van der Waals surface area contributed by atoms with Gasteiger partial charge in [-0.15, -0.1) is 11.3 Å². The van der Waals surface area contributed by atoms with Crippen LogP contribution >= 0.6 is 22.9 Å². The fourth-order valence-electron chi connectivity index (χ4n) is 3.59. The molecular weight excluding hydrogens is 457 g/mol. The average molecular weight is 466 g/mol. The van der Waals surface area contributed by atoms with Crippen molar-refractivity contribution in [2.75, 3.05) is 10.2 Å². The molecule has 0 saturated heterocycles. The second kappa shape index (κ2) is 7.26. The molecule has 0 fully saturated rings. The Labute approximate surface area is 188 Å². The van der Waals surface area contributed by atoms with Crippen LogP contribution in [0.1, 0.15) is 15.2 Å². The van der Waals surface area contributed by atoms with E-state index in [1.165, 1.54) is 29.4 Å². The SMILES string of the molecule is N#Cc1c(-c2cc(F)ccc2Cl)nc2sc(C(=O)O)c3c2c1N(c1ccncc1)C(=O)N3. The number of hydrogen-bond donors (Lipinski definition) is 2. The summed E-state index contributed by atoms with van der Waals surface area (Å²) in [5.74, 6) is -1.85. The fraction of sp³-hybridized carbons (Fsp3) is 0. The quantitative estimate of drug-likeness (QED) is 0.418. The smallest absolute Gasteiger partial charge is 0.348 e. The number of pyridine rings is 2. The first-order valence-electron chi connectivity index (χ1n) is 9.01. The molecule has 2 amide bonds. The lowest BCUT2D eigenvalue weighted by Crippen LogP contribution is -2.35. The minimum atomic E-state index is -1.25. The largest absolute Gasteiger partial charge is 0.477 e. The third-order valence-corrected chi connectivity index (χ3v) is 6.28. The van der Waals surface area contributed by atoms with Gasteiger partial charge in [0, 0.05) is 18.0 Å². The summed E-state index contributed by atoms with van der Waals surface area (Å²) in [4.78, 5) is 34.7. The molecule has 0 radical (unpaired) electrons. The van der Waals surface area contributed by atoms with Crippen molar-refractivity contribution < 1.29 is 19.1 Å². The van der Waals surface area contributed by atoms with E-state index >= 15 is 0 Å². The van der Waals surface area contributed by atoms with Crippen LogP contribution in [0.15, 0.2) is 42.7 Å². The van der Waals surface area contributed by atoms with Crippen LogP contribution in [0.3, 0.4) is 0 Å². The maximum atomic E-state index is 14.0. The molecule has 32 heavy (non-hydrogen) atoms. The van der Waals surface area contributed by atoms with Gasteiger partial charge in [-0.1, -0.05) is 11.6 Å². The highest BCUT2D eigenvalue weighted by Gasteiger charge is 2.36. The van der Waals surface area contributed by atoms with Crippen molar-refractivity contribution in [3.05, 3.63) is 64.0 Å². The number of carboxylic acids is 1. The summed E-state index contributed by atoms with van der Waals surface area (Å²) in [6, 6.07) is 8.16. The highest BCUT2D eigenvalue weighted by Crippen LogP contribution is 2.50. The number of rotatable bonds is 3. The Morgan fingerprint density at radius 2 is 2.03 bits per heavy atom. The number of nitrogens with one attached hydrogen (secondary N) is 1. The second-order valence-corrected chi connectivity index (χ2v) is 8.09. The summed E-state index contributed by atoms with van der Waals surface area (Å²) in [6.45, 7) is 0. The van der Waals surface area contributed by atoms with E-state index < -0.39 is 17.8 Å². The summed E-state index contributed by atoms with van der Waals surface area (Å²) in [5.41, 5.74) is 0.733. The van der Waals surface area contributed by atoms with E-state index in [0.717, 1.165) is 17.4 Å². The number of benzene rings is 1. The molecule has 1 aromatic carbocycles. The van der Waals surface area contributed by atoms with Gasteiger partial charge in [0.15, 0.2) is 0 Å². The number of hydrogen-bond acceptors (Lipinski definition) is 6. The molecule has 11 heteroatoms. The minimum absolute atomic E-state index is 0.0398. The normalized spacial score (nSPS) is 12.5. The number of carbonyl (C=O) groups is 2. The van der Waals surface area contributed by atoms with Crippen LogP contribution in [0.5, 0.6) is 0 Å². The standard InChI is InChI=1S/C21H9ClFN5O3S/c22-13-2-1-9(23)7-11(13)15-12(8-24)17-14-16(18(20(29)30)32-19(14)26-15)27-21(31)28(17)10-3-5-25-6-4-10/h1-7H,(H,27,31)(H,29,30). The number of carboxylic acid groups (broad SMARTS) is 1. The van der Waals surface area contributed by atoms with Crippen LogP contribution < -0.4 is 10.2 Å². The molecule has 3 aromatic heterocycles. The monoisotopic (exact) mass is 465 g/mol. The predicted molar refractivity (Wildman–Crippen MR) is 117 cm³/mol. The van der Waals surface area contributed by atoms with Crippen molar-refractivity contribution in [1.29, 1.82) is 5.26 Å². The topological polar surface area (TPSA) is 119 Å². The van der Waals surface area contributed by atoms with Gasteiger partial charge in [-0.05, 0) is 30.3 Å². The van der Waals surface area contributed by atoms with Gasteiger partial charge in [-0.2, -0.15) is 5.26 Å². The summed E-state index contributed by atoms with van der Waals surface area (Å²) >= 11 is 7.12. The Hall–Kier alpha value is -4.07. The summed E-state index contributed by atoms with van der Waals surface area (Å²) in [6.07, 6.45) is 2.95. The van der Waals surface area contributed by atoms with Gasteiger partial charge in [0.05, 0.1) is 33.2 Å². The zero-order chi connectivity index (χ0) is 22.6. The number of aromatic carboxylic acids is 1. The molecule has 5 rings (SSSR count). The van der Waals surface area contributed by atoms with Gasteiger partial charge in [-0.3, -0.25) is 9.88 Å². The third-order valence-electron chi connectivity index (χ3n) is 4.88. The van der Waals surface area contributed by atoms with Gasteiger partial charge in [-0.25, -0.2) is 19.0 Å². The van der Waals surface area contributed by atoms with Crippen LogP contribution in [0, 0.1) is 17.1 Å². The highest BCUT2D eigenvalue weighted by atomic mass is 35.5. The lowest BCUT2D eigenvalue weighted by Gasteiger charge is -2.29. The van der Waals surface area contributed by atoms with Crippen molar-refractivity contribution in [1.82, 2.24) is 9.97 Å². The molecule has 1 aliphatic rings. The number of anilines is 3. The van der Waals surface area contributed by atoms with E-state index in [4.69, 9.17) is 11.6 Å². The number of urea groups is 1. The Morgan fingerprint density at radius 1 is 1.28 bits per heavy atom. The minimum Gasteiger partial charge on any atom is -0.477 e. The number of aromatic nitrogens is 2. The van der Waals surface area contributed by atoms with Crippen LogP contribution in [0.4, 0.5) is 26.2 Å². The number of carbonyl (C=O) groups excluding carboxylic acids is 1. The molecule has 0 aliphatic carbocycles. The van der Waals surface area contributed by atoms with Gasteiger partial charge >= 0.3 is 12.0 Å². The lowest BCUT2D eigenvalue weighted by molar-refractivity contribution is 0.0703. The Kier molecular flexibility index (Phi) is 4.51. The first-order valence-corrected chi connectivity index (χ1v) is 10.2. The van der Waals surface area contributed by atoms with E-state index in [9.17, 15) is 24.3 Å². The van der Waals surface area contributed by atoms with Crippen molar-refractivity contribution in [2.24, 2.45) is 0 Å². The van der Waals surface area contributed by atoms with E-state index in [-0.39, 0.29) is 42.9 Å². The summed E-state index contributed by atoms with van der Waals surface area (Å²) in [5, 5.41) is 22.8. The first kappa shape index (κ1) is 19.9. The Balaban J connectivity index is 1.95. The molecule has 0 bridgehead atoms. The number of nitrogens with zero attached hydrogens (tertiary/aromatic N) is 4. The van der Waals surface area contributed by atoms with Crippen LogP contribution in [-0.4, -0.2) is 27.1 Å². The second-order valence-electron chi connectivity index (χ2n) is 6.68. The van der Waals surface area contributed by atoms with Gasteiger partial charge in [0.1, 0.15) is 27.2 Å². The van der Waals surface area contributed by atoms with Gasteiger partial charge < -0.3 is 10.4 Å². The molecule has 1 aliphatic heterocycles. The predicted octanol–water partition coefficient (Wildman–Crippen LogP) is 5.40. The van der Waals surface area contributed by atoms with Gasteiger partial charge in [0.25, 0.3) is 0 Å². The molecule has 156 valence electrons. The molecule has 0 unspecified atom stereocenters. The first-order chi connectivity index (χ1) is 15.4. The number of amides is 2. The Bertz CT molecular complexity index is 1500. The molecule has 0 saturated carbocycles. The van der Waals surface area contributed by atoms with Crippen molar-refractivity contribution >= 4 is 62.2 Å². The van der Waals surface area contributed by atoms with Crippen molar-refractivity contribution in [2.45, 2.75) is 0 Å². The number of thiophene rings is 1. The highest BCUT2D eigenvalue weighted by molar-refractivity contribution is 7.21. The van der Waals surface area contributed by atoms with E-state index in [1.54, 1.807) is 12.1 Å². The maximum absolute atomic E-state index is 14.0. The molecular formula is C21H9ClFN5O3S. The third kappa shape index (κ3) is 2.87. The number of nitriles is 1. The Morgan fingerprint density at radius 3 is 2.72 bits per heavy atom. The summed E-state index contributed by atoms with van der Waals surface area (Å²) < 4.78 is 14.0. The number of halogens is 2. The average Bonchev–Trinajstić information content (AvgIpc) is 3.15. The van der Waals surface area contributed by atoms with Crippen LogP contribution in [0.25, 0.3) is 21.5 Å². The van der Waals surface area contributed by atoms with Crippen molar-refractivity contribution in [3.8, 4) is 17.3 Å². The molecule has 0 spiro atoms. The molecule has 2 N–H and O–H groups in total. The zero-order valence-electron chi connectivity index (χ0n) is 15.8. The van der Waals surface area contributed by atoms with E-state index in [2.05, 4.69) is 15.3 Å². The van der Waals surface area contributed by atoms with E-state index in [1.807, 2.05) is 6.07 Å².